The summed E-state index contributed by atoms with van der Waals surface area (Å²) in [5.41, 5.74) is 9.11. The van der Waals surface area contributed by atoms with Gasteiger partial charge in [-0.05, 0) is 99.5 Å². The van der Waals surface area contributed by atoms with Crippen LogP contribution in [-0.2, 0) is 48.6 Å². The summed E-state index contributed by atoms with van der Waals surface area (Å²) in [6.45, 7) is 8.28. The van der Waals surface area contributed by atoms with Gasteiger partial charge in [0.1, 0.15) is 36.0 Å². The van der Waals surface area contributed by atoms with Crippen molar-refractivity contribution in [2.24, 2.45) is 11.7 Å². The second-order valence-electron chi connectivity index (χ2n) is 22.9. The van der Waals surface area contributed by atoms with Crippen molar-refractivity contribution in [3.63, 3.8) is 0 Å². The van der Waals surface area contributed by atoms with E-state index in [-0.39, 0.29) is 64.3 Å². The van der Waals surface area contributed by atoms with Crippen molar-refractivity contribution in [2.45, 2.75) is 95.1 Å². The van der Waals surface area contributed by atoms with Crippen molar-refractivity contribution in [3.05, 3.63) is 129 Å². The van der Waals surface area contributed by atoms with Gasteiger partial charge in [0.05, 0.1) is 47.8 Å². The summed E-state index contributed by atoms with van der Waals surface area (Å²) in [4.78, 5) is 93.6. The number of sulfone groups is 1. The summed E-state index contributed by atoms with van der Waals surface area (Å²) in [7, 11) is -5.45. The molecule has 2 atom stereocenters. The molecule has 2 aromatic heterocycles. The zero-order valence-electron chi connectivity index (χ0n) is 46.5. The third-order valence-corrected chi connectivity index (χ3v) is 21.4. The smallest absolute Gasteiger partial charge is 0.411 e. The lowest BCUT2D eigenvalue weighted by Crippen LogP contribution is -2.58. The van der Waals surface area contributed by atoms with Crippen molar-refractivity contribution in [1.29, 1.82) is 0 Å². The molecular formula is C58H64Cl2F2N10O10SSi. The van der Waals surface area contributed by atoms with Crippen LogP contribution in [0.5, 0.6) is 0 Å². The number of rotatable bonds is 17. The van der Waals surface area contributed by atoms with E-state index in [2.05, 4.69) is 39.0 Å². The Morgan fingerprint density at radius 2 is 1.44 bits per heavy atom. The monoisotopic (exact) mass is 1230 g/mol. The van der Waals surface area contributed by atoms with Gasteiger partial charge in [-0.3, -0.25) is 33.9 Å². The molecule has 0 radical (unpaired) electrons. The first kappa shape index (κ1) is 59.9. The number of primary amides is 1. The van der Waals surface area contributed by atoms with Crippen LogP contribution in [0.3, 0.4) is 0 Å². The Morgan fingerprint density at radius 1 is 0.774 bits per heavy atom. The fraction of sp³-hybridized carbons (Fsp3) is 0.397. The predicted molar refractivity (Wildman–Crippen MR) is 316 cm³/mol. The van der Waals surface area contributed by atoms with Gasteiger partial charge < -0.3 is 35.5 Å². The van der Waals surface area contributed by atoms with Crippen LogP contribution >= 0.6 is 23.2 Å². The molecule has 4 aromatic carbocycles. The van der Waals surface area contributed by atoms with E-state index in [0.29, 0.717) is 97.0 Å². The number of hydrogen-bond donors (Lipinski definition) is 4. The number of ether oxygens (including phenoxy) is 1. The Morgan fingerprint density at radius 3 is 2.07 bits per heavy atom. The molecule has 3 saturated heterocycles. The number of nitrogens with two attached hydrogens (primary N) is 1. The Hall–Kier alpha value is -7.22. The molecule has 0 bridgehead atoms. The van der Waals surface area contributed by atoms with Gasteiger partial charge in [-0.1, -0.05) is 60.6 Å². The number of halogens is 4. The summed E-state index contributed by atoms with van der Waals surface area (Å²) in [5.74, 6) is -2.97. The zero-order chi connectivity index (χ0) is 59.9. The fourth-order valence-electron chi connectivity index (χ4n) is 11.1. The topological polar surface area (TPSA) is 248 Å². The van der Waals surface area contributed by atoms with E-state index >= 15 is 0 Å². The number of hydrazine groups is 1. The second-order valence-corrected chi connectivity index (χ2v) is 31.0. The van der Waals surface area contributed by atoms with E-state index in [9.17, 15) is 50.8 Å². The highest BCUT2D eigenvalue weighted by Crippen LogP contribution is 2.36. The van der Waals surface area contributed by atoms with E-state index < -0.39 is 70.5 Å². The Bertz CT molecular complexity index is 3760. The molecule has 84 heavy (non-hydrogen) atoms. The van der Waals surface area contributed by atoms with Crippen LogP contribution in [0.2, 0.25) is 29.2 Å². The Kier molecular flexibility index (Phi) is 17.4. The number of amides is 5. The molecule has 0 unspecified atom stereocenters. The third-order valence-electron chi connectivity index (χ3n) is 16.0. The molecule has 5 N–H and O–H groups in total. The molecule has 3 aliphatic heterocycles. The molecular weight excluding hydrogens is 1170 g/mol. The number of carbonyl (C=O) groups excluding carboxylic acids is 7. The van der Waals surface area contributed by atoms with Crippen molar-refractivity contribution in [2.75, 3.05) is 55.0 Å². The summed E-state index contributed by atoms with van der Waals surface area (Å²) >= 11 is 11.7. The molecule has 5 amide bonds. The molecule has 444 valence electrons. The average Bonchev–Trinajstić information content (AvgIpc) is 2.58. The molecule has 5 aliphatic rings. The minimum absolute atomic E-state index is 0.0157. The number of Topliss-reactive ketones (excluding diaryl/α,β-unsaturated/α-hetero) is 2. The van der Waals surface area contributed by atoms with Crippen LogP contribution in [-0.4, -0.2) is 144 Å². The number of hydrogen-bond acceptors (Lipinski definition) is 13. The van der Waals surface area contributed by atoms with E-state index in [1.807, 2.05) is 11.1 Å². The van der Waals surface area contributed by atoms with Crippen LogP contribution in [0.4, 0.5) is 29.7 Å². The maximum absolute atomic E-state index is 14.3. The molecule has 5 heterocycles. The first-order valence-corrected chi connectivity index (χ1v) is 33.6. The van der Waals surface area contributed by atoms with Crippen molar-refractivity contribution < 1.29 is 55.5 Å². The number of nitrogens with zero attached hydrogens (tertiary/aromatic N) is 6. The van der Waals surface area contributed by atoms with Crippen LogP contribution < -0.4 is 26.6 Å². The van der Waals surface area contributed by atoms with Crippen LogP contribution in [0, 0.1) is 17.6 Å². The summed E-state index contributed by atoms with van der Waals surface area (Å²) < 4.78 is 61.6. The van der Waals surface area contributed by atoms with E-state index in [0.717, 1.165) is 30.5 Å². The lowest BCUT2D eigenvalue weighted by Gasteiger charge is -2.42. The SMILES string of the molecule is CC(=O)c1cn(CC(=O)N2C[Si](C)(C)C[C@H]2C(=O)NCc2cccc(Cl)c2F)c2ccc(C(=O)CS(=O)(=O)C3CC3)cc12.NC(=O)n1cc(N2CCN3CC[C@@H](C(=O)NCc4cccc(Cl)c4F)N3C2)c2ccc(NC(=O)OCC3CC3)cc21. The molecule has 20 nitrogen and oxygen atoms in total. The third kappa shape index (κ3) is 13.3. The van der Waals surface area contributed by atoms with Gasteiger partial charge in [-0.15, -0.1) is 0 Å². The van der Waals surface area contributed by atoms with Gasteiger partial charge in [0, 0.05) is 95.5 Å². The standard InChI is InChI=1S/C30H33ClFN3O6SSi.C28H31ClFN7O4/c1-18(36)23-13-34(25-10-7-19(11-22(23)25)27(37)15-42(40,41)21-8-9-21)14-28(38)35-17-43(2,3)16-26(35)30(39)33-12-20-5-4-6-24(31)29(20)32;29-21-3-1-2-18(25(21)30)13-32-26(38)22-8-9-35-11-10-34(16-37(22)35)24-14-36(27(31)39)23-12-19(6-7-20(23)24)33-28(40)41-15-17-4-5-17/h4-7,10-11,13,21,26H,8-9,12,14-17H2,1-3H3,(H,33,39);1-3,6-7,12,14,17,22H,4-5,8-11,13,15-16H2,(H2,31,39)(H,32,38)(H,33,40)/t26-;22-/m00/s1. The molecule has 2 saturated carbocycles. The first-order valence-electron chi connectivity index (χ1n) is 27.7. The highest BCUT2D eigenvalue weighted by Gasteiger charge is 2.45. The fourth-order valence-corrected chi connectivity index (χ4v) is 16.0. The van der Waals surface area contributed by atoms with Crippen LogP contribution in [0.15, 0.2) is 85.2 Å². The molecule has 2 aliphatic carbocycles. The number of fused-ring (bicyclic) bond motifs is 3. The molecule has 26 heteroatoms. The van der Waals surface area contributed by atoms with Crippen LogP contribution in [0.1, 0.15) is 70.9 Å². The number of benzene rings is 4. The lowest BCUT2D eigenvalue weighted by molar-refractivity contribution is -0.138. The van der Waals surface area contributed by atoms with E-state index in [4.69, 9.17) is 33.7 Å². The quantitative estimate of drug-likeness (QED) is 0.0502. The van der Waals surface area contributed by atoms with Crippen LogP contribution in [0.25, 0.3) is 21.8 Å². The molecule has 5 fully saturated rings. The highest BCUT2D eigenvalue weighted by molar-refractivity contribution is 7.93. The minimum atomic E-state index is -3.51. The number of carbonyl (C=O) groups is 7. The molecule has 11 rings (SSSR count). The number of ketones is 2. The molecule has 6 aromatic rings. The number of anilines is 2. The van der Waals surface area contributed by atoms with Crippen molar-refractivity contribution in [1.82, 2.24) is 34.7 Å². The van der Waals surface area contributed by atoms with Gasteiger partial charge >= 0.3 is 12.1 Å². The van der Waals surface area contributed by atoms with Gasteiger partial charge in [-0.25, -0.2) is 36.8 Å². The lowest BCUT2D eigenvalue weighted by atomic mass is 10.1. The predicted octanol–water partition coefficient (Wildman–Crippen LogP) is 7.88. The van der Waals surface area contributed by atoms with Gasteiger partial charge in [0.25, 0.3) is 0 Å². The first-order chi connectivity index (χ1) is 39.9. The summed E-state index contributed by atoms with van der Waals surface area (Å²) in [5, 5.41) is 13.2. The largest absolute Gasteiger partial charge is 0.449 e. The maximum Gasteiger partial charge on any atom is 0.411 e. The second kappa shape index (κ2) is 24.4. The van der Waals surface area contributed by atoms with Gasteiger partial charge in [-0.2, -0.15) is 0 Å². The highest BCUT2D eigenvalue weighted by atomic mass is 35.5. The number of nitrogens with one attached hydrogen (secondary N) is 3. The zero-order valence-corrected chi connectivity index (χ0v) is 49.8. The molecule has 0 spiro atoms. The summed E-state index contributed by atoms with van der Waals surface area (Å²) in [6.07, 6.45) is 7.08. The average molecular weight is 1230 g/mol. The Balaban J connectivity index is 0.000000187. The van der Waals surface area contributed by atoms with Gasteiger partial charge in [0.2, 0.25) is 17.7 Å². The van der Waals surface area contributed by atoms with Crippen molar-refractivity contribution >= 4 is 116 Å². The van der Waals surface area contributed by atoms with Crippen molar-refractivity contribution in [3.8, 4) is 0 Å². The number of aromatic nitrogens is 2. The Labute approximate surface area is 494 Å². The maximum atomic E-state index is 14.3. The van der Waals surface area contributed by atoms with Gasteiger partial charge in [0.15, 0.2) is 21.4 Å². The van der Waals surface area contributed by atoms with E-state index in [1.165, 1.54) is 41.8 Å². The summed E-state index contributed by atoms with van der Waals surface area (Å²) in [6, 6.07) is 17.9. The van der Waals surface area contributed by atoms with E-state index in [1.54, 1.807) is 58.3 Å². The minimum Gasteiger partial charge on any atom is -0.449 e. The normalized spacial score (nSPS) is 18.7.